The molecule has 0 aliphatic carbocycles. The van der Waals surface area contributed by atoms with Gasteiger partial charge in [-0.1, -0.05) is 30.0 Å². The third kappa shape index (κ3) is 3.85. The molecule has 7 nitrogen and oxygen atoms in total. The van der Waals surface area contributed by atoms with Crippen LogP contribution in [-0.2, 0) is 0 Å². The Bertz CT molecular complexity index is 1010. The zero-order valence-corrected chi connectivity index (χ0v) is 15.6. The molecule has 2 aromatic heterocycles. The molecule has 0 bridgehead atoms. The first-order valence-electron chi connectivity index (χ1n) is 8.35. The molecule has 0 saturated carbocycles. The Morgan fingerprint density at radius 3 is 2.52 bits per heavy atom. The van der Waals surface area contributed by atoms with Crippen molar-refractivity contribution in [3.05, 3.63) is 60.5 Å². The highest BCUT2D eigenvalue weighted by Crippen LogP contribution is 2.34. The van der Waals surface area contributed by atoms with Gasteiger partial charge in [0.1, 0.15) is 5.75 Å². The Kier molecular flexibility index (Phi) is 4.88. The maximum atomic E-state index is 5.80. The average molecular weight is 379 g/mol. The summed E-state index contributed by atoms with van der Waals surface area (Å²) in [5, 5.41) is 16.1. The number of ether oxygens (including phenoxy) is 1. The molecule has 136 valence electrons. The van der Waals surface area contributed by atoms with Crippen LogP contribution in [0.3, 0.4) is 0 Å². The van der Waals surface area contributed by atoms with Crippen molar-refractivity contribution >= 4 is 11.8 Å². The van der Waals surface area contributed by atoms with E-state index in [1.165, 1.54) is 11.8 Å². The van der Waals surface area contributed by atoms with Gasteiger partial charge in [-0.3, -0.25) is 5.10 Å². The molecule has 4 rings (SSSR count). The normalized spacial score (nSPS) is 12.1. The van der Waals surface area contributed by atoms with Crippen molar-refractivity contribution < 1.29 is 9.15 Å². The van der Waals surface area contributed by atoms with Gasteiger partial charge in [0.25, 0.3) is 0 Å². The van der Waals surface area contributed by atoms with Gasteiger partial charge in [-0.25, -0.2) is 4.98 Å². The molecular weight excluding hydrogens is 362 g/mol. The van der Waals surface area contributed by atoms with Crippen molar-refractivity contribution in [3.63, 3.8) is 0 Å². The number of hydrogen-bond donors (Lipinski definition) is 1. The fourth-order valence-electron chi connectivity index (χ4n) is 2.48. The van der Waals surface area contributed by atoms with Crippen LogP contribution in [0, 0.1) is 0 Å². The van der Waals surface area contributed by atoms with E-state index in [1.807, 2.05) is 61.5 Å². The van der Waals surface area contributed by atoms with Crippen LogP contribution < -0.4 is 4.74 Å². The molecule has 0 fully saturated rings. The zero-order valence-electron chi connectivity index (χ0n) is 14.8. The van der Waals surface area contributed by atoms with Gasteiger partial charge in [0.15, 0.2) is 5.82 Å². The molecule has 8 heteroatoms. The number of aromatic amines is 1. The molecule has 1 atom stereocenters. The van der Waals surface area contributed by atoms with Crippen molar-refractivity contribution in [2.75, 3.05) is 7.11 Å². The summed E-state index contributed by atoms with van der Waals surface area (Å²) in [6.45, 7) is 1.98. The highest BCUT2D eigenvalue weighted by molar-refractivity contribution is 7.99. The first-order valence-corrected chi connectivity index (χ1v) is 9.23. The van der Waals surface area contributed by atoms with Crippen LogP contribution >= 0.6 is 11.8 Å². The lowest BCUT2D eigenvalue weighted by Crippen LogP contribution is -1.89. The molecule has 2 aromatic carbocycles. The van der Waals surface area contributed by atoms with E-state index in [1.54, 1.807) is 7.11 Å². The van der Waals surface area contributed by atoms with E-state index in [0.717, 1.165) is 16.9 Å². The molecule has 0 aliphatic heterocycles. The zero-order chi connectivity index (χ0) is 18.6. The monoisotopic (exact) mass is 379 g/mol. The molecule has 1 N–H and O–H groups in total. The number of hydrogen-bond acceptors (Lipinski definition) is 7. The quantitative estimate of drug-likeness (QED) is 0.497. The molecule has 0 spiro atoms. The fraction of sp³-hybridized carbons (Fsp3) is 0.158. The van der Waals surface area contributed by atoms with E-state index in [0.29, 0.717) is 22.8 Å². The van der Waals surface area contributed by atoms with Gasteiger partial charge in [0, 0.05) is 11.1 Å². The predicted octanol–water partition coefficient (Wildman–Crippen LogP) is 4.38. The Morgan fingerprint density at radius 2 is 1.78 bits per heavy atom. The van der Waals surface area contributed by atoms with Crippen LogP contribution in [0.15, 0.2) is 64.2 Å². The Balaban J connectivity index is 1.46. The molecule has 0 radical (unpaired) electrons. The van der Waals surface area contributed by atoms with Crippen LogP contribution in [0.4, 0.5) is 0 Å². The van der Waals surface area contributed by atoms with Gasteiger partial charge in [0.05, 0.1) is 12.4 Å². The molecule has 0 amide bonds. The number of nitrogens with zero attached hydrogens (tertiary/aromatic N) is 4. The van der Waals surface area contributed by atoms with Crippen LogP contribution in [0.1, 0.15) is 18.1 Å². The predicted molar refractivity (Wildman–Crippen MR) is 102 cm³/mol. The summed E-state index contributed by atoms with van der Waals surface area (Å²) in [5.74, 6) is 2.54. The first kappa shape index (κ1) is 17.3. The van der Waals surface area contributed by atoms with E-state index in [4.69, 9.17) is 9.15 Å². The highest BCUT2D eigenvalue weighted by atomic mass is 32.2. The minimum absolute atomic E-state index is 0.0746. The van der Waals surface area contributed by atoms with E-state index in [9.17, 15) is 0 Å². The van der Waals surface area contributed by atoms with Crippen molar-refractivity contribution in [3.8, 4) is 28.6 Å². The average Bonchev–Trinajstić information content (AvgIpc) is 3.39. The van der Waals surface area contributed by atoms with Gasteiger partial charge in [-0.2, -0.15) is 0 Å². The molecule has 0 aliphatic rings. The number of aromatic nitrogens is 5. The number of thioether (sulfide) groups is 1. The molecule has 27 heavy (non-hydrogen) atoms. The summed E-state index contributed by atoms with van der Waals surface area (Å²) < 4.78 is 11.0. The smallest absolute Gasteiger partial charge is 0.247 e. The lowest BCUT2D eigenvalue weighted by atomic mass is 10.2. The highest BCUT2D eigenvalue weighted by Gasteiger charge is 2.18. The van der Waals surface area contributed by atoms with E-state index in [-0.39, 0.29) is 5.25 Å². The second kappa shape index (κ2) is 7.63. The van der Waals surface area contributed by atoms with Crippen LogP contribution in [0.2, 0.25) is 0 Å². The number of nitrogens with one attached hydrogen (secondary N) is 1. The van der Waals surface area contributed by atoms with Gasteiger partial charge >= 0.3 is 0 Å². The summed E-state index contributed by atoms with van der Waals surface area (Å²) in [6.07, 6.45) is 0. The van der Waals surface area contributed by atoms with Crippen LogP contribution in [0.25, 0.3) is 22.8 Å². The molecule has 0 unspecified atom stereocenters. The lowest BCUT2D eigenvalue weighted by molar-refractivity contribution is 0.415. The molecule has 2 heterocycles. The van der Waals surface area contributed by atoms with Crippen LogP contribution in [0.5, 0.6) is 5.75 Å². The van der Waals surface area contributed by atoms with Crippen molar-refractivity contribution in [1.29, 1.82) is 0 Å². The summed E-state index contributed by atoms with van der Waals surface area (Å²) >= 11 is 1.45. The summed E-state index contributed by atoms with van der Waals surface area (Å²) in [6, 6.07) is 17.3. The Hall–Kier alpha value is -3.13. The number of H-pyrrole nitrogens is 1. The second-order valence-corrected chi connectivity index (χ2v) is 7.07. The van der Waals surface area contributed by atoms with Gasteiger partial charge in [-0.05, 0) is 43.3 Å². The van der Waals surface area contributed by atoms with Crippen molar-refractivity contribution in [1.82, 2.24) is 25.4 Å². The minimum Gasteiger partial charge on any atom is -0.497 e. The summed E-state index contributed by atoms with van der Waals surface area (Å²) in [5.41, 5.74) is 1.83. The van der Waals surface area contributed by atoms with Gasteiger partial charge in [0.2, 0.25) is 16.9 Å². The number of methoxy groups -OCH3 is 1. The van der Waals surface area contributed by atoms with E-state index >= 15 is 0 Å². The minimum atomic E-state index is -0.0746. The number of rotatable bonds is 6. The SMILES string of the molecule is COc1ccc(-c2nc(S[C@H](C)c3nnc(-c4ccccc4)o3)n[nH]2)cc1. The maximum Gasteiger partial charge on any atom is 0.247 e. The lowest BCUT2D eigenvalue weighted by Gasteiger charge is -2.02. The van der Waals surface area contributed by atoms with Gasteiger partial charge in [-0.15, -0.1) is 15.3 Å². The van der Waals surface area contributed by atoms with Crippen molar-refractivity contribution in [2.45, 2.75) is 17.3 Å². The second-order valence-electron chi connectivity index (χ2n) is 5.77. The van der Waals surface area contributed by atoms with E-state index < -0.39 is 0 Å². The standard InChI is InChI=1S/C19H17N5O2S/c1-12(17-22-23-18(26-17)14-6-4-3-5-7-14)27-19-20-16(21-24-19)13-8-10-15(25-2)11-9-13/h3-12H,1-2H3,(H,20,21,24)/t12-/m1/s1. The topological polar surface area (TPSA) is 89.7 Å². The first-order chi connectivity index (χ1) is 13.2. The maximum absolute atomic E-state index is 5.80. The Morgan fingerprint density at radius 1 is 1.00 bits per heavy atom. The third-order valence-electron chi connectivity index (χ3n) is 3.92. The summed E-state index contributed by atoms with van der Waals surface area (Å²) in [7, 11) is 1.64. The third-order valence-corrected chi connectivity index (χ3v) is 4.87. The molecule has 0 saturated heterocycles. The molecular formula is C19H17N5O2S. The largest absolute Gasteiger partial charge is 0.497 e. The molecule has 4 aromatic rings. The van der Waals surface area contributed by atoms with Crippen molar-refractivity contribution in [2.24, 2.45) is 0 Å². The van der Waals surface area contributed by atoms with Crippen LogP contribution in [-0.4, -0.2) is 32.5 Å². The fourth-order valence-corrected chi connectivity index (χ4v) is 3.24. The number of benzene rings is 2. The van der Waals surface area contributed by atoms with E-state index in [2.05, 4.69) is 25.4 Å². The van der Waals surface area contributed by atoms with Gasteiger partial charge < -0.3 is 9.15 Å². The summed E-state index contributed by atoms with van der Waals surface area (Å²) in [4.78, 5) is 4.53. The Labute approximate surface area is 160 Å².